The largest absolute Gasteiger partial charge is 0.457 e. The molecule has 0 N–H and O–H groups in total. The molecule has 0 radical (unpaired) electrons. The van der Waals surface area contributed by atoms with Crippen LogP contribution in [0.15, 0.2) is 36.4 Å². The molecule has 0 aromatic heterocycles. The summed E-state index contributed by atoms with van der Waals surface area (Å²) >= 11 is 0. The van der Waals surface area contributed by atoms with E-state index in [4.69, 9.17) is 4.74 Å². The van der Waals surface area contributed by atoms with E-state index in [1.54, 1.807) is 0 Å². The maximum Gasteiger partial charge on any atom is 0.133 e. The second-order valence-corrected chi connectivity index (χ2v) is 4.57. The van der Waals surface area contributed by atoms with Crippen LogP contribution in [0.2, 0.25) is 0 Å². The van der Waals surface area contributed by atoms with Gasteiger partial charge in [0.25, 0.3) is 0 Å². The molecule has 0 bridgehead atoms. The normalized spacial score (nSPS) is 10.4. The predicted molar refractivity (Wildman–Crippen MR) is 71.9 cm³/mol. The molecule has 0 heterocycles. The summed E-state index contributed by atoms with van der Waals surface area (Å²) in [4.78, 5) is 0. The third-order valence-corrected chi connectivity index (χ3v) is 3.08. The van der Waals surface area contributed by atoms with E-state index in [1.807, 2.05) is 12.1 Å². The highest BCUT2D eigenvalue weighted by atomic mass is 16.5. The van der Waals surface area contributed by atoms with Gasteiger partial charge < -0.3 is 4.74 Å². The van der Waals surface area contributed by atoms with E-state index in [9.17, 15) is 0 Å². The number of hydrogen-bond acceptors (Lipinski definition) is 1. The van der Waals surface area contributed by atoms with E-state index in [0.29, 0.717) is 0 Å². The minimum atomic E-state index is 0.904. The van der Waals surface area contributed by atoms with Crippen LogP contribution < -0.4 is 4.74 Å². The highest BCUT2D eigenvalue weighted by Crippen LogP contribution is 2.30. The van der Waals surface area contributed by atoms with E-state index in [0.717, 1.165) is 11.5 Å². The van der Waals surface area contributed by atoms with E-state index in [1.165, 1.54) is 22.3 Å². The quantitative estimate of drug-likeness (QED) is 0.720. The summed E-state index contributed by atoms with van der Waals surface area (Å²) in [6.45, 7) is 8.37. The third kappa shape index (κ3) is 2.50. The van der Waals surface area contributed by atoms with Crippen molar-refractivity contribution in [3.63, 3.8) is 0 Å². The van der Waals surface area contributed by atoms with Crippen LogP contribution in [0, 0.1) is 27.7 Å². The molecule has 1 nitrogen and oxygen atoms in total. The Kier molecular flexibility index (Phi) is 3.19. The SMILES string of the molecule is Cc1cccc(Oc2c(C)ccc(C)c2C)c1. The lowest BCUT2D eigenvalue weighted by atomic mass is 10.1. The Hall–Kier alpha value is -1.76. The van der Waals surface area contributed by atoms with Crippen molar-refractivity contribution in [1.82, 2.24) is 0 Å². The molecular weight excluding hydrogens is 208 g/mol. The van der Waals surface area contributed by atoms with Gasteiger partial charge in [-0.15, -0.1) is 0 Å². The summed E-state index contributed by atoms with van der Waals surface area (Å²) in [5.74, 6) is 1.89. The van der Waals surface area contributed by atoms with Crippen LogP contribution >= 0.6 is 0 Å². The van der Waals surface area contributed by atoms with Gasteiger partial charge in [0, 0.05) is 0 Å². The minimum absolute atomic E-state index is 0.904. The number of hydrogen-bond donors (Lipinski definition) is 0. The monoisotopic (exact) mass is 226 g/mol. The predicted octanol–water partition coefficient (Wildman–Crippen LogP) is 4.71. The van der Waals surface area contributed by atoms with Crippen LogP contribution in [0.25, 0.3) is 0 Å². The summed E-state index contributed by atoms with van der Waals surface area (Å²) in [6.07, 6.45) is 0. The Labute approximate surface area is 103 Å². The second-order valence-electron chi connectivity index (χ2n) is 4.57. The fourth-order valence-electron chi connectivity index (χ4n) is 1.88. The van der Waals surface area contributed by atoms with Gasteiger partial charge in [-0.1, -0.05) is 24.3 Å². The van der Waals surface area contributed by atoms with Gasteiger partial charge in [-0.3, -0.25) is 0 Å². The van der Waals surface area contributed by atoms with Crippen LogP contribution in [0.4, 0.5) is 0 Å². The van der Waals surface area contributed by atoms with Gasteiger partial charge >= 0.3 is 0 Å². The molecule has 0 aliphatic heterocycles. The second kappa shape index (κ2) is 4.62. The Morgan fingerprint density at radius 3 is 2.24 bits per heavy atom. The van der Waals surface area contributed by atoms with Crippen molar-refractivity contribution in [3.05, 3.63) is 58.7 Å². The minimum Gasteiger partial charge on any atom is -0.457 e. The van der Waals surface area contributed by atoms with Crippen molar-refractivity contribution in [2.75, 3.05) is 0 Å². The Bertz CT molecular complexity index is 541. The number of aryl methyl sites for hydroxylation is 3. The standard InChI is InChI=1S/C16H18O/c1-11-6-5-7-15(10-11)17-16-13(3)9-8-12(2)14(16)4/h5-10H,1-4H3. The fraction of sp³-hybridized carbons (Fsp3) is 0.250. The molecule has 0 aliphatic rings. The van der Waals surface area contributed by atoms with Gasteiger partial charge in [-0.25, -0.2) is 0 Å². The van der Waals surface area contributed by atoms with Crippen LogP contribution in [0.5, 0.6) is 11.5 Å². The molecule has 0 unspecified atom stereocenters. The van der Waals surface area contributed by atoms with Crippen molar-refractivity contribution in [1.29, 1.82) is 0 Å². The first kappa shape index (κ1) is 11.7. The van der Waals surface area contributed by atoms with Crippen molar-refractivity contribution in [3.8, 4) is 11.5 Å². The third-order valence-electron chi connectivity index (χ3n) is 3.08. The van der Waals surface area contributed by atoms with Gasteiger partial charge in [0.1, 0.15) is 11.5 Å². The molecule has 0 atom stereocenters. The zero-order valence-corrected chi connectivity index (χ0v) is 10.9. The van der Waals surface area contributed by atoms with Gasteiger partial charge in [0.2, 0.25) is 0 Å². The first-order valence-corrected chi connectivity index (χ1v) is 5.89. The molecule has 2 aromatic carbocycles. The van der Waals surface area contributed by atoms with E-state index in [-0.39, 0.29) is 0 Å². The summed E-state index contributed by atoms with van der Waals surface area (Å²) in [7, 11) is 0. The number of rotatable bonds is 2. The zero-order chi connectivity index (χ0) is 12.4. The van der Waals surface area contributed by atoms with E-state index >= 15 is 0 Å². The van der Waals surface area contributed by atoms with Crippen molar-refractivity contribution in [2.45, 2.75) is 27.7 Å². The topological polar surface area (TPSA) is 9.23 Å². The first-order valence-electron chi connectivity index (χ1n) is 5.89. The lowest BCUT2D eigenvalue weighted by molar-refractivity contribution is 0.474. The smallest absolute Gasteiger partial charge is 0.133 e. The average Bonchev–Trinajstić information content (AvgIpc) is 2.30. The summed E-state index contributed by atoms with van der Waals surface area (Å²) in [5, 5.41) is 0. The molecule has 17 heavy (non-hydrogen) atoms. The molecule has 0 amide bonds. The Balaban J connectivity index is 2.39. The highest BCUT2D eigenvalue weighted by molar-refractivity contribution is 5.47. The maximum absolute atomic E-state index is 6.00. The van der Waals surface area contributed by atoms with E-state index < -0.39 is 0 Å². The summed E-state index contributed by atoms with van der Waals surface area (Å²) in [6, 6.07) is 12.4. The van der Waals surface area contributed by atoms with Crippen molar-refractivity contribution in [2.24, 2.45) is 0 Å². The molecule has 0 saturated carbocycles. The molecule has 2 aromatic rings. The fourth-order valence-corrected chi connectivity index (χ4v) is 1.88. The summed E-state index contributed by atoms with van der Waals surface area (Å²) in [5.41, 5.74) is 4.87. The van der Waals surface area contributed by atoms with Crippen LogP contribution in [0.3, 0.4) is 0 Å². The number of benzene rings is 2. The Morgan fingerprint density at radius 1 is 0.824 bits per heavy atom. The van der Waals surface area contributed by atoms with Gasteiger partial charge in [-0.05, 0) is 62.1 Å². The molecule has 0 aliphatic carbocycles. The van der Waals surface area contributed by atoms with E-state index in [2.05, 4.69) is 52.0 Å². The summed E-state index contributed by atoms with van der Waals surface area (Å²) < 4.78 is 6.00. The van der Waals surface area contributed by atoms with Gasteiger partial charge in [0.15, 0.2) is 0 Å². The Morgan fingerprint density at radius 2 is 1.53 bits per heavy atom. The zero-order valence-electron chi connectivity index (χ0n) is 10.9. The molecule has 0 saturated heterocycles. The van der Waals surface area contributed by atoms with Crippen LogP contribution in [-0.2, 0) is 0 Å². The van der Waals surface area contributed by atoms with Crippen LogP contribution in [-0.4, -0.2) is 0 Å². The molecule has 0 spiro atoms. The van der Waals surface area contributed by atoms with Crippen molar-refractivity contribution >= 4 is 0 Å². The maximum atomic E-state index is 6.00. The lowest BCUT2D eigenvalue weighted by Gasteiger charge is -2.13. The molecular formula is C16H18O. The first-order chi connectivity index (χ1) is 8.08. The molecule has 2 rings (SSSR count). The lowest BCUT2D eigenvalue weighted by Crippen LogP contribution is -1.93. The molecule has 88 valence electrons. The highest BCUT2D eigenvalue weighted by Gasteiger charge is 2.07. The average molecular weight is 226 g/mol. The molecule has 1 heteroatoms. The number of ether oxygens (including phenoxy) is 1. The van der Waals surface area contributed by atoms with Crippen LogP contribution in [0.1, 0.15) is 22.3 Å². The van der Waals surface area contributed by atoms with Crippen molar-refractivity contribution < 1.29 is 4.74 Å². The molecule has 0 fully saturated rings. The van der Waals surface area contributed by atoms with Gasteiger partial charge in [-0.2, -0.15) is 0 Å². The van der Waals surface area contributed by atoms with Gasteiger partial charge in [0.05, 0.1) is 0 Å².